The number of amides is 1. The van der Waals surface area contributed by atoms with Crippen LogP contribution in [0.3, 0.4) is 0 Å². The second-order valence-electron chi connectivity index (χ2n) is 7.20. The molecule has 2 aromatic heterocycles. The molecule has 3 aromatic rings. The van der Waals surface area contributed by atoms with Gasteiger partial charge < -0.3 is 5.32 Å². The van der Waals surface area contributed by atoms with Gasteiger partial charge in [-0.15, -0.1) is 5.10 Å². The van der Waals surface area contributed by atoms with Crippen LogP contribution >= 0.6 is 0 Å². The Hall–Kier alpha value is -3.20. The highest BCUT2D eigenvalue weighted by molar-refractivity contribution is 5.92. The smallest absolute Gasteiger partial charge is 0.227 e. The maximum atomic E-state index is 12.6. The number of carbonyl (C=O) groups is 1. The van der Waals surface area contributed by atoms with E-state index in [-0.39, 0.29) is 11.8 Å². The topological polar surface area (TPSA) is 102 Å². The molecule has 0 unspecified atom stereocenters. The minimum absolute atomic E-state index is 0.0316. The van der Waals surface area contributed by atoms with Crippen molar-refractivity contribution in [3.63, 3.8) is 0 Å². The van der Waals surface area contributed by atoms with E-state index < -0.39 is 0 Å². The van der Waals surface area contributed by atoms with Crippen molar-refractivity contribution in [2.75, 3.05) is 18.4 Å². The van der Waals surface area contributed by atoms with Gasteiger partial charge >= 0.3 is 0 Å². The number of anilines is 1. The molecule has 1 amide bonds. The lowest BCUT2D eigenvalue weighted by molar-refractivity contribution is -0.121. The van der Waals surface area contributed by atoms with Crippen LogP contribution < -0.4 is 5.32 Å². The molecule has 1 saturated heterocycles. The van der Waals surface area contributed by atoms with Gasteiger partial charge in [0.25, 0.3) is 0 Å². The van der Waals surface area contributed by atoms with Crippen LogP contribution in [0.4, 0.5) is 5.69 Å². The van der Waals surface area contributed by atoms with E-state index >= 15 is 0 Å². The maximum absolute atomic E-state index is 12.6. The second-order valence-corrected chi connectivity index (χ2v) is 7.20. The summed E-state index contributed by atoms with van der Waals surface area (Å²) in [6, 6.07) is 7.48. The van der Waals surface area contributed by atoms with Gasteiger partial charge in [-0.1, -0.05) is 6.92 Å². The van der Waals surface area contributed by atoms with Gasteiger partial charge in [-0.05, 0) is 60.6 Å². The Morgan fingerprint density at radius 1 is 1.14 bits per heavy atom. The largest absolute Gasteiger partial charge is 0.326 e. The van der Waals surface area contributed by atoms with Crippen molar-refractivity contribution < 1.29 is 4.79 Å². The summed E-state index contributed by atoms with van der Waals surface area (Å²) in [5.41, 5.74) is 2.74. The monoisotopic (exact) mass is 392 g/mol. The predicted molar refractivity (Wildman–Crippen MR) is 107 cm³/mol. The van der Waals surface area contributed by atoms with Gasteiger partial charge in [0, 0.05) is 42.5 Å². The lowest BCUT2D eigenvalue weighted by Crippen LogP contribution is -2.37. The summed E-state index contributed by atoms with van der Waals surface area (Å²) < 4.78 is 1.57. The van der Waals surface area contributed by atoms with Crippen molar-refractivity contribution in [2.24, 2.45) is 5.92 Å². The zero-order valence-corrected chi connectivity index (χ0v) is 16.4. The molecule has 0 saturated carbocycles. The molecule has 1 N–H and O–H groups in total. The number of hydrogen-bond acceptors (Lipinski definition) is 7. The highest BCUT2D eigenvalue weighted by Crippen LogP contribution is 2.21. The van der Waals surface area contributed by atoms with Crippen molar-refractivity contribution in [2.45, 2.75) is 32.7 Å². The Morgan fingerprint density at radius 3 is 2.48 bits per heavy atom. The van der Waals surface area contributed by atoms with Crippen LogP contribution in [0, 0.1) is 5.92 Å². The lowest BCUT2D eigenvalue weighted by atomic mass is 9.95. The first kappa shape index (κ1) is 19.1. The number of benzene rings is 1. The molecule has 9 nitrogen and oxygen atoms in total. The Bertz CT molecular complexity index is 916. The molecular weight excluding hydrogens is 368 g/mol. The molecule has 0 atom stereocenters. The fourth-order valence-corrected chi connectivity index (χ4v) is 3.48. The average Bonchev–Trinajstić information content (AvgIpc) is 3.30. The average molecular weight is 392 g/mol. The number of aryl methyl sites for hydroxylation is 1. The predicted octanol–water partition coefficient (Wildman–Crippen LogP) is 1.87. The molecule has 3 heterocycles. The first-order chi connectivity index (χ1) is 14.2. The number of carbonyl (C=O) groups excluding carboxylic acids is 1. The van der Waals surface area contributed by atoms with Crippen LogP contribution in [-0.4, -0.2) is 54.1 Å². The van der Waals surface area contributed by atoms with Crippen LogP contribution in [0.25, 0.3) is 5.69 Å². The van der Waals surface area contributed by atoms with Crippen molar-refractivity contribution in [1.82, 2.24) is 35.1 Å². The summed E-state index contributed by atoms with van der Waals surface area (Å²) in [6.07, 6.45) is 7.89. The zero-order chi connectivity index (χ0) is 20.1. The molecule has 0 aliphatic carbocycles. The van der Waals surface area contributed by atoms with Crippen LogP contribution in [0.2, 0.25) is 0 Å². The normalized spacial score (nSPS) is 15.3. The Kier molecular flexibility index (Phi) is 5.85. The number of nitrogens with one attached hydrogen (secondary N) is 1. The summed E-state index contributed by atoms with van der Waals surface area (Å²) in [7, 11) is 0. The van der Waals surface area contributed by atoms with Crippen molar-refractivity contribution >= 4 is 11.6 Å². The molecule has 1 aliphatic rings. The van der Waals surface area contributed by atoms with Crippen molar-refractivity contribution in [3.05, 3.63) is 54.4 Å². The Labute approximate surface area is 169 Å². The van der Waals surface area contributed by atoms with Crippen molar-refractivity contribution in [1.29, 1.82) is 0 Å². The van der Waals surface area contributed by atoms with Gasteiger partial charge in [0.05, 0.1) is 5.69 Å². The molecule has 29 heavy (non-hydrogen) atoms. The first-order valence-corrected chi connectivity index (χ1v) is 9.87. The van der Waals surface area contributed by atoms with E-state index in [9.17, 15) is 4.79 Å². The van der Waals surface area contributed by atoms with E-state index in [1.165, 1.54) is 6.33 Å². The van der Waals surface area contributed by atoms with Gasteiger partial charge in [0.2, 0.25) is 5.91 Å². The van der Waals surface area contributed by atoms with E-state index in [0.717, 1.165) is 61.7 Å². The van der Waals surface area contributed by atoms with E-state index in [2.05, 4.69) is 35.7 Å². The number of rotatable bonds is 6. The SMILES string of the molecule is CCc1ncc(CN2CCC(C(=O)Nc3ccc(-n4cnnn4)cc3)CC2)cn1. The van der Waals surface area contributed by atoms with Crippen LogP contribution in [-0.2, 0) is 17.8 Å². The molecule has 0 bridgehead atoms. The molecular formula is C20H24N8O. The van der Waals surface area contributed by atoms with Gasteiger partial charge in [0.1, 0.15) is 12.2 Å². The van der Waals surface area contributed by atoms with E-state index in [1.54, 1.807) is 4.68 Å². The van der Waals surface area contributed by atoms with Gasteiger partial charge in [0.15, 0.2) is 0 Å². The maximum Gasteiger partial charge on any atom is 0.227 e. The van der Waals surface area contributed by atoms with Gasteiger partial charge in [-0.2, -0.15) is 0 Å². The standard InChI is InChI=1S/C20H24N8O/c1-2-19-21-11-15(12-22-19)13-27-9-7-16(8-10-27)20(29)24-17-3-5-18(6-4-17)28-14-23-25-26-28/h3-6,11-12,14,16H,2,7-10,13H2,1H3,(H,24,29). The minimum atomic E-state index is 0.0316. The van der Waals surface area contributed by atoms with Gasteiger partial charge in [-0.25, -0.2) is 14.6 Å². The number of nitrogens with zero attached hydrogens (tertiary/aromatic N) is 7. The summed E-state index contributed by atoms with van der Waals surface area (Å²) in [5, 5.41) is 14.1. The summed E-state index contributed by atoms with van der Waals surface area (Å²) in [5.74, 6) is 0.981. The number of hydrogen-bond donors (Lipinski definition) is 1. The molecule has 0 spiro atoms. The first-order valence-electron chi connectivity index (χ1n) is 9.87. The molecule has 150 valence electrons. The van der Waals surface area contributed by atoms with E-state index in [4.69, 9.17) is 0 Å². The number of likely N-dealkylation sites (tertiary alicyclic amines) is 1. The quantitative estimate of drug-likeness (QED) is 0.683. The summed E-state index contributed by atoms with van der Waals surface area (Å²) in [6.45, 7) is 4.67. The molecule has 1 fully saturated rings. The molecule has 9 heteroatoms. The Morgan fingerprint density at radius 2 is 1.86 bits per heavy atom. The number of tetrazole rings is 1. The van der Waals surface area contributed by atoms with Crippen LogP contribution in [0.1, 0.15) is 31.2 Å². The molecule has 0 radical (unpaired) electrons. The van der Waals surface area contributed by atoms with Gasteiger partial charge in [-0.3, -0.25) is 9.69 Å². The van der Waals surface area contributed by atoms with E-state index in [0.29, 0.717) is 0 Å². The highest BCUT2D eigenvalue weighted by Gasteiger charge is 2.25. The third kappa shape index (κ3) is 4.80. The lowest BCUT2D eigenvalue weighted by Gasteiger charge is -2.31. The fraction of sp³-hybridized carbons (Fsp3) is 0.400. The fourth-order valence-electron chi connectivity index (χ4n) is 3.48. The summed E-state index contributed by atoms with van der Waals surface area (Å²) in [4.78, 5) is 23.7. The third-order valence-electron chi connectivity index (χ3n) is 5.19. The second kappa shape index (κ2) is 8.87. The summed E-state index contributed by atoms with van der Waals surface area (Å²) >= 11 is 0. The minimum Gasteiger partial charge on any atom is -0.326 e. The number of aromatic nitrogens is 6. The van der Waals surface area contributed by atoms with Crippen LogP contribution in [0.15, 0.2) is 43.0 Å². The van der Waals surface area contributed by atoms with Crippen molar-refractivity contribution in [3.8, 4) is 5.69 Å². The zero-order valence-electron chi connectivity index (χ0n) is 16.4. The molecule has 1 aromatic carbocycles. The van der Waals surface area contributed by atoms with Crippen LogP contribution in [0.5, 0.6) is 0 Å². The molecule has 4 rings (SSSR count). The van der Waals surface area contributed by atoms with E-state index in [1.807, 2.05) is 43.6 Å². The Balaban J connectivity index is 1.26. The molecule has 1 aliphatic heterocycles. The highest BCUT2D eigenvalue weighted by atomic mass is 16.1. The number of piperidine rings is 1. The third-order valence-corrected chi connectivity index (χ3v) is 5.19.